The van der Waals surface area contributed by atoms with E-state index in [0.717, 1.165) is 5.57 Å². The Kier molecular flexibility index (Phi) is 2.47. The van der Waals surface area contributed by atoms with Gasteiger partial charge in [-0.05, 0) is 11.6 Å². The van der Waals surface area contributed by atoms with Gasteiger partial charge in [0.1, 0.15) is 5.52 Å². The molecule has 0 aliphatic rings. The van der Waals surface area contributed by atoms with Crippen molar-refractivity contribution in [2.24, 2.45) is 0 Å². The third-order valence-electron chi connectivity index (χ3n) is 1.99. The van der Waals surface area contributed by atoms with Gasteiger partial charge in [0.15, 0.2) is 5.15 Å². The highest BCUT2D eigenvalue weighted by molar-refractivity contribution is 6.33. The number of hydrogen-bond donors (Lipinski definition) is 0. The van der Waals surface area contributed by atoms with E-state index in [1.807, 2.05) is 0 Å². The second kappa shape index (κ2) is 3.79. The maximum absolute atomic E-state index is 5.87. The number of fused-ring (bicyclic) bond motifs is 1. The fraction of sp³-hybridized carbons (Fsp3) is 0. The average molecular weight is 218 g/mol. The maximum Gasteiger partial charge on any atom is 0.156 e. The summed E-state index contributed by atoms with van der Waals surface area (Å²) in [4.78, 5) is 12.5. The molecule has 0 spiro atoms. The predicted octanol–water partition coefficient (Wildman–Crippen LogP) is 2.88. The van der Waals surface area contributed by atoms with Gasteiger partial charge < -0.3 is 0 Å². The van der Waals surface area contributed by atoms with E-state index in [1.165, 1.54) is 0 Å². The molecule has 0 fully saturated rings. The van der Waals surface area contributed by atoms with E-state index in [0.29, 0.717) is 21.9 Å². The minimum Gasteiger partial charge on any atom is -0.249 e. The van der Waals surface area contributed by atoms with Gasteiger partial charge in [0, 0.05) is 6.20 Å². The van der Waals surface area contributed by atoms with Crippen molar-refractivity contribution >= 4 is 28.2 Å². The fourth-order valence-electron chi connectivity index (χ4n) is 1.17. The molecule has 2 aromatic heterocycles. The summed E-state index contributed by atoms with van der Waals surface area (Å²) in [6.45, 7) is 7.43. The highest BCUT2D eigenvalue weighted by Crippen LogP contribution is 2.19. The van der Waals surface area contributed by atoms with Gasteiger partial charge in [0.2, 0.25) is 0 Å². The SMILES string of the molecule is C=CC(=C)c1cnc2c(Cl)nccc2n1. The van der Waals surface area contributed by atoms with Gasteiger partial charge >= 0.3 is 0 Å². The molecule has 0 atom stereocenters. The van der Waals surface area contributed by atoms with Crippen LogP contribution in [0.5, 0.6) is 0 Å². The van der Waals surface area contributed by atoms with E-state index in [4.69, 9.17) is 11.6 Å². The number of pyridine rings is 1. The lowest BCUT2D eigenvalue weighted by molar-refractivity contribution is 1.22. The first kappa shape index (κ1) is 9.80. The van der Waals surface area contributed by atoms with Crippen LogP contribution >= 0.6 is 11.6 Å². The molecule has 74 valence electrons. The number of nitrogens with zero attached hydrogens (tertiary/aromatic N) is 3. The molecule has 0 saturated carbocycles. The summed E-state index contributed by atoms with van der Waals surface area (Å²) >= 11 is 5.87. The number of halogens is 1. The van der Waals surface area contributed by atoms with Crippen LogP contribution in [0.15, 0.2) is 37.7 Å². The number of hydrogen-bond acceptors (Lipinski definition) is 3. The fourth-order valence-corrected chi connectivity index (χ4v) is 1.37. The molecule has 15 heavy (non-hydrogen) atoms. The molecular weight excluding hydrogens is 210 g/mol. The monoisotopic (exact) mass is 217 g/mol. The quantitative estimate of drug-likeness (QED) is 0.574. The Hall–Kier alpha value is -1.74. The number of rotatable bonds is 2. The first-order valence-corrected chi connectivity index (χ1v) is 4.69. The second-order valence-corrected chi connectivity index (χ2v) is 3.31. The molecule has 0 N–H and O–H groups in total. The minimum absolute atomic E-state index is 0.357. The Morgan fingerprint density at radius 2 is 2.20 bits per heavy atom. The largest absolute Gasteiger partial charge is 0.249 e. The molecule has 2 heterocycles. The zero-order valence-electron chi connectivity index (χ0n) is 7.94. The number of allylic oxidation sites excluding steroid dienone is 2. The molecule has 0 unspecified atom stereocenters. The molecule has 3 nitrogen and oxygen atoms in total. The van der Waals surface area contributed by atoms with Crippen molar-refractivity contribution in [3.8, 4) is 0 Å². The summed E-state index contributed by atoms with van der Waals surface area (Å²) in [7, 11) is 0. The second-order valence-electron chi connectivity index (χ2n) is 2.95. The molecule has 2 rings (SSSR count). The van der Waals surface area contributed by atoms with E-state index in [-0.39, 0.29) is 0 Å². The third-order valence-corrected chi connectivity index (χ3v) is 2.27. The van der Waals surface area contributed by atoms with Crippen molar-refractivity contribution in [1.82, 2.24) is 15.0 Å². The molecule has 4 heteroatoms. The molecule has 0 amide bonds. The standard InChI is InChI=1S/C11H8ClN3/c1-3-7(2)9-6-14-10-8(15-9)4-5-13-11(10)12/h3-6H,1-2H2. The van der Waals surface area contributed by atoms with Gasteiger partial charge in [0.25, 0.3) is 0 Å². The zero-order valence-corrected chi connectivity index (χ0v) is 8.70. The Bertz CT molecular complexity index is 549. The molecule has 0 saturated heterocycles. The van der Waals surface area contributed by atoms with Crippen LogP contribution in [0.1, 0.15) is 5.69 Å². The molecule has 0 radical (unpaired) electrons. The highest BCUT2D eigenvalue weighted by atomic mass is 35.5. The van der Waals surface area contributed by atoms with Crippen LogP contribution in [0.25, 0.3) is 16.6 Å². The molecule has 0 aliphatic heterocycles. The van der Waals surface area contributed by atoms with Crippen LogP contribution < -0.4 is 0 Å². The minimum atomic E-state index is 0.357. The lowest BCUT2D eigenvalue weighted by Gasteiger charge is -2.01. The van der Waals surface area contributed by atoms with Crippen LogP contribution in [0.3, 0.4) is 0 Å². The van der Waals surface area contributed by atoms with Crippen LogP contribution in [-0.4, -0.2) is 15.0 Å². The van der Waals surface area contributed by atoms with E-state index < -0.39 is 0 Å². The van der Waals surface area contributed by atoms with Gasteiger partial charge in [-0.2, -0.15) is 0 Å². The smallest absolute Gasteiger partial charge is 0.156 e. The van der Waals surface area contributed by atoms with Gasteiger partial charge in [0.05, 0.1) is 17.4 Å². The van der Waals surface area contributed by atoms with Crippen molar-refractivity contribution in [1.29, 1.82) is 0 Å². The van der Waals surface area contributed by atoms with E-state index >= 15 is 0 Å². The van der Waals surface area contributed by atoms with Crippen molar-refractivity contribution in [3.63, 3.8) is 0 Å². The first-order valence-electron chi connectivity index (χ1n) is 4.31. The first-order chi connectivity index (χ1) is 7.22. The van der Waals surface area contributed by atoms with Gasteiger partial charge in [-0.25, -0.2) is 15.0 Å². The summed E-state index contributed by atoms with van der Waals surface area (Å²) in [6.07, 6.45) is 4.85. The van der Waals surface area contributed by atoms with Gasteiger partial charge in [-0.1, -0.05) is 30.8 Å². The van der Waals surface area contributed by atoms with Gasteiger partial charge in [-0.15, -0.1) is 0 Å². The van der Waals surface area contributed by atoms with Crippen LogP contribution in [0.2, 0.25) is 5.15 Å². The van der Waals surface area contributed by atoms with Gasteiger partial charge in [-0.3, -0.25) is 0 Å². The van der Waals surface area contributed by atoms with Crippen molar-refractivity contribution in [2.75, 3.05) is 0 Å². The van der Waals surface area contributed by atoms with Crippen LogP contribution in [0.4, 0.5) is 0 Å². The molecule has 0 aromatic carbocycles. The maximum atomic E-state index is 5.87. The summed E-state index contributed by atoms with van der Waals surface area (Å²) < 4.78 is 0. The van der Waals surface area contributed by atoms with Crippen molar-refractivity contribution < 1.29 is 0 Å². The Morgan fingerprint density at radius 3 is 2.93 bits per heavy atom. The molecule has 2 aromatic rings. The van der Waals surface area contributed by atoms with E-state index in [9.17, 15) is 0 Å². The Labute approximate surface area is 92.2 Å². The summed E-state index contributed by atoms with van der Waals surface area (Å²) in [5.41, 5.74) is 2.73. The van der Waals surface area contributed by atoms with Crippen LogP contribution in [-0.2, 0) is 0 Å². The average Bonchev–Trinajstić information content (AvgIpc) is 2.28. The lowest BCUT2D eigenvalue weighted by Crippen LogP contribution is -1.91. The topological polar surface area (TPSA) is 38.7 Å². The Morgan fingerprint density at radius 1 is 1.40 bits per heavy atom. The third kappa shape index (κ3) is 1.74. The van der Waals surface area contributed by atoms with Crippen molar-refractivity contribution in [3.05, 3.63) is 48.5 Å². The number of aromatic nitrogens is 3. The highest BCUT2D eigenvalue weighted by Gasteiger charge is 2.04. The summed E-state index contributed by atoms with van der Waals surface area (Å²) in [5.74, 6) is 0. The normalized spacial score (nSPS) is 10.2. The lowest BCUT2D eigenvalue weighted by atomic mass is 10.2. The molecular formula is C11H8ClN3. The predicted molar refractivity (Wildman–Crippen MR) is 61.6 cm³/mol. The molecule has 0 aliphatic carbocycles. The Balaban J connectivity index is 2.67. The van der Waals surface area contributed by atoms with Crippen LogP contribution in [0, 0.1) is 0 Å². The van der Waals surface area contributed by atoms with E-state index in [2.05, 4.69) is 28.1 Å². The summed E-state index contributed by atoms with van der Waals surface area (Å²) in [5, 5.41) is 0.357. The van der Waals surface area contributed by atoms with Crippen molar-refractivity contribution in [2.45, 2.75) is 0 Å². The zero-order chi connectivity index (χ0) is 10.8. The summed E-state index contributed by atoms with van der Waals surface area (Å²) in [6, 6.07) is 1.76. The molecule has 0 bridgehead atoms. The van der Waals surface area contributed by atoms with E-state index in [1.54, 1.807) is 24.5 Å².